The second-order valence-electron chi connectivity index (χ2n) is 6.20. The summed E-state index contributed by atoms with van der Waals surface area (Å²) in [5.41, 5.74) is 3.46. The molecule has 7 heteroatoms. The van der Waals surface area contributed by atoms with E-state index in [9.17, 15) is 9.65 Å². The minimum atomic E-state index is -0.236. The molecule has 0 aliphatic carbocycles. The topological polar surface area (TPSA) is 61.2 Å². The number of anilines is 1. The van der Waals surface area contributed by atoms with Crippen molar-refractivity contribution < 1.29 is 9.13 Å². The predicted molar refractivity (Wildman–Crippen MR) is 98.5 cm³/mol. The maximum absolute atomic E-state index is 13.1. The first-order valence-corrected chi connectivity index (χ1v) is 8.81. The van der Waals surface area contributed by atoms with Crippen LogP contribution in [0.5, 0.6) is 0 Å². The molecule has 1 aromatic heterocycles. The molecule has 0 atom stereocenters. The number of nitrogens with one attached hydrogen (secondary N) is 1. The van der Waals surface area contributed by atoms with E-state index in [2.05, 4.69) is 21.3 Å². The van der Waals surface area contributed by atoms with Crippen molar-refractivity contribution in [2.24, 2.45) is 0 Å². The summed E-state index contributed by atoms with van der Waals surface area (Å²) in [7, 11) is 1.64. The summed E-state index contributed by atoms with van der Waals surface area (Å²) in [6, 6.07) is 8.72. The monoisotopic (exact) mass is 374 g/mol. The molecule has 0 radical (unpaired) electrons. The summed E-state index contributed by atoms with van der Waals surface area (Å²) >= 11 is 6.21. The van der Waals surface area contributed by atoms with Gasteiger partial charge in [-0.3, -0.25) is 4.90 Å². The largest absolute Gasteiger partial charge is 0.383 e. The number of rotatable bonds is 6. The second kappa shape index (κ2) is 8.45. The van der Waals surface area contributed by atoms with Gasteiger partial charge in [-0.25, -0.2) is 9.37 Å². The number of nitrogens with zero attached hydrogens (tertiary/aromatic N) is 3. The Kier molecular flexibility index (Phi) is 6.04. The number of pyridine rings is 1. The number of hydrogen-bond donors (Lipinski definition) is 1. The summed E-state index contributed by atoms with van der Waals surface area (Å²) in [6.45, 7) is 3.32. The number of benzene rings is 1. The number of halogens is 2. The van der Waals surface area contributed by atoms with Crippen molar-refractivity contribution in [3.8, 4) is 6.07 Å². The van der Waals surface area contributed by atoms with E-state index in [0.29, 0.717) is 37.6 Å². The maximum atomic E-state index is 13.1. The van der Waals surface area contributed by atoms with Gasteiger partial charge < -0.3 is 10.1 Å². The van der Waals surface area contributed by atoms with Crippen LogP contribution in [0.1, 0.15) is 22.3 Å². The Labute approximate surface area is 157 Å². The van der Waals surface area contributed by atoms with Gasteiger partial charge in [0.15, 0.2) is 0 Å². The molecule has 2 aromatic rings. The first-order chi connectivity index (χ1) is 12.6. The SMILES string of the molecule is COCCNc1nc(Cl)c(C#N)c2c1CN(Cc1ccc(F)cc1)CC2. The lowest BCUT2D eigenvalue weighted by atomic mass is 9.96. The fourth-order valence-corrected chi connectivity index (χ4v) is 3.41. The molecule has 1 N–H and O–H groups in total. The van der Waals surface area contributed by atoms with E-state index < -0.39 is 0 Å². The molecule has 0 bridgehead atoms. The molecule has 0 fully saturated rings. The molecule has 0 unspecified atom stereocenters. The molecular formula is C19H20ClFN4O. The summed E-state index contributed by atoms with van der Waals surface area (Å²) in [6.07, 6.45) is 0.723. The fraction of sp³-hybridized carbons (Fsp3) is 0.368. The normalized spacial score (nSPS) is 13.9. The summed E-state index contributed by atoms with van der Waals surface area (Å²) < 4.78 is 18.2. The Morgan fingerprint density at radius 3 is 2.81 bits per heavy atom. The van der Waals surface area contributed by atoms with Crippen molar-refractivity contribution in [2.75, 3.05) is 32.1 Å². The van der Waals surface area contributed by atoms with Crippen LogP contribution in [-0.2, 0) is 24.2 Å². The van der Waals surface area contributed by atoms with Gasteiger partial charge in [0.05, 0.1) is 12.2 Å². The van der Waals surface area contributed by atoms with Crippen molar-refractivity contribution in [1.82, 2.24) is 9.88 Å². The number of nitriles is 1. The molecule has 5 nitrogen and oxygen atoms in total. The van der Waals surface area contributed by atoms with Crippen molar-refractivity contribution in [2.45, 2.75) is 19.5 Å². The van der Waals surface area contributed by atoms with E-state index in [4.69, 9.17) is 16.3 Å². The smallest absolute Gasteiger partial charge is 0.149 e. The zero-order valence-corrected chi connectivity index (χ0v) is 15.3. The van der Waals surface area contributed by atoms with Gasteiger partial charge in [0.1, 0.15) is 22.9 Å². The van der Waals surface area contributed by atoms with Crippen LogP contribution >= 0.6 is 11.6 Å². The maximum Gasteiger partial charge on any atom is 0.149 e. The Morgan fingerprint density at radius 2 is 2.12 bits per heavy atom. The molecule has 136 valence electrons. The van der Waals surface area contributed by atoms with Crippen LogP contribution in [0.2, 0.25) is 5.15 Å². The minimum absolute atomic E-state index is 0.234. The van der Waals surface area contributed by atoms with Gasteiger partial charge in [0, 0.05) is 38.9 Å². The van der Waals surface area contributed by atoms with Gasteiger partial charge in [-0.15, -0.1) is 0 Å². The third-order valence-electron chi connectivity index (χ3n) is 4.46. The van der Waals surface area contributed by atoms with E-state index in [-0.39, 0.29) is 11.0 Å². The fourth-order valence-electron chi connectivity index (χ4n) is 3.17. The number of ether oxygens (including phenoxy) is 1. The van der Waals surface area contributed by atoms with E-state index >= 15 is 0 Å². The standard InChI is InChI=1S/C19H20ClFN4O/c1-26-9-7-23-19-17-12-25(11-13-2-4-14(21)5-3-13)8-6-15(17)16(10-22)18(20)24-19/h2-5H,6-9,11-12H2,1H3,(H,23,24). The van der Waals surface area contributed by atoms with Gasteiger partial charge in [0.2, 0.25) is 0 Å². The van der Waals surface area contributed by atoms with Crippen molar-refractivity contribution in [3.05, 3.63) is 57.5 Å². The highest BCUT2D eigenvalue weighted by atomic mass is 35.5. The molecule has 0 saturated heterocycles. The van der Waals surface area contributed by atoms with Crippen LogP contribution in [0.15, 0.2) is 24.3 Å². The molecule has 2 heterocycles. The highest BCUT2D eigenvalue weighted by Crippen LogP contribution is 2.32. The number of methoxy groups -OCH3 is 1. The van der Waals surface area contributed by atoms with Gasteiger partial charge in [-0.2, -0.15) is 5.26 Å². The number of fused-ring (bicyclic) bond motifs is 1. The zero-order chi connectivity index (χ0) is 18.5. The molecule has 26 heavy (non-hydrogen) atoms. The average molecular weight is 375 g/mol. The molecule has 0 saturated carbocycles. The van der Waals surface area contributed by atoms with E-state index in [1.165, 1.54) is 12.1 Å². The lowest BCUT2D eigenvalue weighted by Crippen LogP contribution is -2.32. The van der Waals surface area contributed by atoms with Crippen LogP contribution in [-0.4, -0.2) is 36.7 Å². The van der Waals surface area contributed by atoms with Gasteiger partial charge in [-0.1, -0.05) is 23.7 Å². The van der Waals surface area contributed by atoms with E-state index in [1.54, 1.807) is 19.2 Å². The summed E-state index contributed by atoms with van der Waals surface area (Å²) in [4.78, 5) is 6.64. The first-order valence-electron chi connectivity index (χ1n) is 8.43. The molecular weight excluding hydrogens is 355 g/mol. The van der Waals surface area contributed by atoms with Crippen molar-refractivity contribution in [1.29, 1.82) is 5.26 Å². The average Bonchev–Trinajstić information content (AvgIpc) is 2.64. The van der Waals surface area contributed by atoms with Crippen molar-refractivity contribution >= 4 is 17.4 Å². The van der Waals surface area contributed by atoms with Gasteiger partial charge in [-0.05, 0) is 29.7 Å². The number of aromatic nitrogens is 1. The molecule has 0 amide bonds. The quantitative estimate of drug-likeness (QED) is 0.620. The van der Waals surface area contributed by atoms with Crippen LogP contribution in [0.25, 0.3) is 0 Å². The second-order valence-corrected chi connectivity index (χ2v) is 6.56. The lowest BCUT2D eigenvalue weighted by Gasteiger charge is -2.31. The third kappa shape index (κ3) is 4.13. The van der Waals surface area contributed by atoms with Crippen LogP contribution < -0.4 is 5.32 Å². The van der Waals surface area contributed by atoms with E-state index in [0.717, 1.165) is 29.7 Å². The first kappa shape index (κ1) is 18.6. The summed E-state index contributed by atoms with van der Waals surface area (Å²) in [5.74, 6) is 0.463. The zero-order valence-electron chi connectivity index (χ0n) is 14.6. The Balaban J connectivity index is 1.84. The lowest BCUT2D eigenvalue weighted by molar-refractivity contribution is 0.210. The highest BCUT2D eigenvalue weighted by Gasteiger charge is 2.25. The van der Waals surface area contributed by atoms with E-state index in [1.807, 2.05) is 0 Å². The van der Waals surface area contributed by atoms with Gasteiger partial charge in [0.25, 0.3) is 0 Å². The Hall–Kier alpha value is -2.20. The molecule has 1 aliphatic rings. The molecule has 3 rings (SSSR count). The molecule has 1 aromatic carbocycles. The van der Waals surface area contributed by atoms with Crippen LogP contribution in [0, 0.1) is 17.1 Å². The highest BCUT2D eigenvalue weighted by molar-refractivity contribution is 6.30. The van der Waals surface area contributed by atoms with Crippen LogP contribution in [0.4, 0.5) is 10.2 Å². The van der Waals surface area contributed by atoms with Crippen LogP contribution in [0.3, 0.4) is 0 Å². The third-order valence-corrected chi connectivity index (χ3v) is 4.73. The predicted octanol–water partition coefficient (Wildman–Crippen LogP) is 3.36. The Morgan fingerprint density at radius 1 is 1.35 bits per heavy atom. The Bertz CT molecular complexity index is 820. The summed E-state index contributed by atoms with van der Waals surface area (Å²) in [5, 5.41) is 12.9. The molecule has 0 spiro atoms. The minimum Gasteiger partial charge on any atom is -0.383 e. The van der Waals surface area contributed by atoms with Crippen molar-refractivity contribution in [3.63, 3.8) is 0 Å². The van der Waals surface area contributed by atoms with Gasteiger partial charge >= 0.3 is 0 Å². The molecule has 1 aliphatic heterocycles. The number of hydrogen-bond acceptors (Lipinski definition) is 5.